The first kappa shape index (κ1) is 18.8. The Bertz CT molecular complexity index is 1350. The van der Waals surface area contributed by atoms with Crippen LogP contribution in [-0.2, 0) is 0 Å². The van der Waals surface area contributed by atoms with Crippen molar-refractivity contribution in [3.05, 3.63) is 65.8 Å². The van der Waals surface area contributed by atoms with E-state index >= 15 is 0 Å². The zero-order valence-corrected chi connectivity index (χ0v) is 15.7. The highest BCUT2D eigenvalue weighted by molar-refractivity contribution is 5.84. The number of para-hydroxylation sites is 1. The van der Waals surface area contributed by atoms with E-state index in [1.54, 1.807) is 29.7 Å². The van der Waals surface area contributed by atoms with E-state index in [9.17, 15) is 14.9 Å². The van der Waals surface area contributed by atoms with Gasteiger partial charge in [0, 0.05) is 6.07 Å². The molecule has 0 aliphatic rings. The van der Waals surface area contributed by atoms with Crippen molar-refractivity contribution >= 4 is 22.7 Å². The normalized spacial score (nSPS) is 11.6. The minimum atomic E-state index is -0.523. The van der Waals surface area contributed by atoms with Gasteiger partial charge in [0.2, 0.25) is 0 Å². The van der Waals surface area contributed by atoms with Gasteiger partial charge in [0.15, 0.2) is 0 Å². The Morgan fingerprint density at radius 2 is 2.03 bits per heavy atom. The van der Waals surface area contributed by atoms with Gasteiger partial charge in [0.05, 0.1) is 40.7 Å². The summed E-state index contributed by atoms with van der Waals surface area (Å²) in [4.78, 5) is 16.5. The average molecular weight is 399 g/mol. The van der Waals surface area contributed by atoms with Crippen molar-refractivity contribution in [2.75, 3.05) is 11.1 Å². The van der Waals surface area contributed by atoms with Crippen LogP contribution in [0.3, 0.4) is 0 Å². The first-order valence-corrected chi connectivity index (χ1v) is 8.83. The highest BCUT2D eigenvalue weighted by Crippen LogP contribution is 2.30. The molecule has 0 radical (unpaired) electrons. The first-order chi connectivity index (χ1) is 14.5. The molecule has 0 fully saturated rings. The Hall–Kier alpha value is -4.57. The van der Waals surface area contributed by atoms with Gasteiger partial charge in [-0.2, -0.15) is 10.5 Å². The molecule has 0 saturated carbocycles. The summed E-state index contributed by atoms with van der Waals surface area (Å²) in [5, 5.41) is 22.1. The highest BCUT2D eigenvalue weighted by Gasteiger charge is 2.22. The van der Waals surface area contributed by atoms with Gasteiger partial charge < -0.3 is 11.1 Å². The number of anilines is 2. The molecule has 4 aromatic rings. The predicted octanol–water partition coefficient (Wildman–Crippen LogP) is 2.85. The summed E-state index contributed by atoms with van der Waals surface area (Å²) in [6, 6.07) is 10.1. The van der Waals surface area contributed by atoms with Gasteiger partial charge in [0.25, 0.3) is 0 Å². The number of benzene rings is 1. The molecule has 3 aromatic heterocycles. The maximum absolute atomic E-state index is 13.9. The standard InChI is InChI=1S/C20H14FN9/c1-11(28-19-15(7-23)18(24)26-10-27-19)20-29-16-4-2-3-12(6-22)17(16)30(20)14-5-13(21)8-25-9-14/h2-5,8-11H,1H3,(H3,24,26,27,28)/t11-/m1/s1. The van der Waals surface area contributed by atoms with Crippen LogP contribution in [-0.4, -0.2) is 24.5 Å². The molecule has 10 heteroatoms. The number of imidazole rings is 1. The zero-order chi connectivity index (χ0) is 21.3. The summed E-state index contributed by atoms with van der Waals surface area (Å²) in [5.74, 6) is 0.248. The van der Waals surface area contributed by atoms with E-state index < -0.39 is 11.9 Å². The van der Waals surface area contributed by atoms with Gasteiger partial charge in [0.1, 0.15) is 47.3 Å². The molecule has 0 aliphatic carbocycles. The van der Waals surface area contributed by atoms with E-state index in [4.69, 9.17) is 5.73 Å². The van der Waals surface area contributed by atoms with Crippen molar-refractivity contribution in [1.82, 2.24) is 24.5 Å². The molecule has 0 amide bonds. The minimum absolute atomic E-state index is 0.0526. The van der Waals surface area contributed by atoms with Crippen LogP contribution in [0.5, 0.6) is 0 Å². The SMILES string of the molecule is C[C@@H](Nc1ncnc(N)c1C#N)c1nc2cccc(C#N)c2n1-c1cncc(F)c1. The number of aromatic nitrogens is 5. The molecule has 0 aliphatic heterocycles. The van der Waals surface area contributed by atoms with E-state index in [1.807, 2.05) is 6.07 Å². The lowest BCUT2D eigenvalue weighted by molar-refractivity contribution is 0.619. The number of nitrogen functional groups attached to an aromatic ring is 1. The fourth-order valence-electron chi connectivity index (χ4n) is 3.20. The number of halogens is 1. The number of nitriles is 2. The van der Waals surface area contributed by atoms with Gasteiger partial charge >= 0.3 is 0 Å². The van der Waals surface area contributed by atoms with E-state index in [0.29, 0.717) is 28.1 Å². The quantitative estimate of drug-likeness (QED) is 0.533. The van der Waals surface area contributed by atoms with Crippen LogP contribution in [0.4, 0.5) is 16.0 Å². The number of nitrogens with two attached hydrogens (primary N) is 1. The van der Waals surface area contributed by atoms with Crippen LogP contribution in [0.1, 0.15) is 29.9 Å². The number of pyridine rings is 1. The van der Waals surface area contributed by atoms with Gasteiger partial charge in [-0.05, 0) is 19.1 Å². The minimum Gasteiger partial charge on any atom is -0.382 e. The fourth-order valence-corrected chi connectivity index (χ4v) is 3.20. The van der Waals surface area contributed by atoms with Gasteiger partial charge in [-0.15, -0.1) is 0 Å². The number of fused-ring (bicyclic) bond motifs is 1. The van der Waals surface area contributed by atoms with E-state index in [1.165, 1.54) is 18.6 Å². The third kappa shape index (κ3) is 3.12. The second-order valence-electron chi connectivity index (χ2n) is 6.41. The number of nitrogens with one attached hydrogen (secondary N) is 1. The summed E-state index contributed by atoms with van der Waals surface area (Å²) >= 11 is 0. The third-order valence-corrected chi connectivity index (χ3v) is 4.50. The molecular formula is C20H14FN9. The highest BCUT2D eigenvalue weighted by atomic mass is 19.1. The molecule has 9 nitrogen and oxygen atoms in total. The second-order valence-corrected chi connectivity index (χ2v) is 6.41. The van der Waals surface area contributed by atoms with Crippen molar-refractivity contribution in [3.8, 4) is 17.8 Å². The number of hydrogen-bond acceptors (Lipinski definition) is 8. The van der Waals surface area contributed by atoms with Crippen LogP contribution >= 0.6 is 0 Å². The predicted molar refractivity (Wildman–Crippen MR) is 107 cm³/mol. The Morgan fingerprint density at radius 1 is 1.20 bits per heavy atom. The smallest absolute Gasteiger partial charge is 0.150 e. The monoisotopic (exact) mass is 399 g/mol. The van der Waals surface area contributed by atoms with Crippen molar-refractivity contribution in [2.24, 2.45) is 0 Å². The zero-order valence-electron chi connectivity index (χ0n) is 15.7. The van der Waals surface area contributed by atoms with Gasteiger partial charge in [-0.25, -0.2) is 19.3 Å². The van der Waals surface area contributed by atoms with Crippen molar-refractivity contribution in [3.63, 3.8) is 0 Å². The summed E-state index contributed by atoms with van der Waals surface area (Å²) in [6.07, 6.45) is 3.83. The number of hydrogen-bond donors (Lipinski definition) is 2. The van der Waals surface area contributed by atoms with Crippen LogP contribution in [0.2, 0.25) is 0 Å². The lowest BCUT2D eigenvalue weighted by Gasteiger charge is -2.17. The Kier molecular flexibility index (Phi) is 4.66. The Balaban J connectivity index is 1.91. The maximum atomic E-state index is 13.9. The second kappa shape index (κ2) is 7.45. The summed E-state index contributed by atoms with van der Waals surface area (Å²) in [7, 11) is 0. The summed E-state index contributed by atoms with van der Waals surface area (Å²) < 4.78 is 15.6. The van der Waals surface area contributed by atoms with E-state index in [2.05, 4.69) is 31.3 Å². The average Bonchev–Trinajstić information content (AvgIpc) is 3.14. The van der Waals surface area contributed by atoms with Crippen molar-refractivity contribution in [1.29, 1.82) is 10.5 Å². The molecule has 0 spiro atoms. The molecule has 3 N–H and O–H groups in total. The van der Waals surface area contributed by atoms with E-state index in [-0.39, 0.29) is 17.2 Å². The molecule has 0 unspecified atom stereocenters. The Labute approximate surface area is 170 Å². The fraction of sp³-hybridized carbons (Fsp3) is 0.100. The number of nitrogens with zero attached hydrogens (tertiary/aromatic N) is 7. The lowest BCUT2D eigenvalue weighted by Crippen LogP contribution is -2.16. The molecule has 146 valence electrons. The maximum Gasteiger partial charge on any atom is 0.150 e. The van der Waals surface area contributed by atoms with Crippen LogP contribution in [0.15, 0.2) is 43.0 Å². The Morgan fingerprint density at radius 3 is 2.77 bits per heavy atom. The topological polar surface area (TPSA) is 142 Å². The molecule has 30 heavy (non-hydrogen) atoms. The first-order valence-electron chi connectivity index (χ1n) is 8.83. The third-order valence-electron chi connectivity index (χ3n) is 4.50. The number of rotatable bonds is 4. The van der Waals surface area contributed by atoms with Crippen LogP contribution in [0.25, 0.3) is 16.7 Å². The van der Waals surface area contributed by atoms with Gasteiger partial charge in [-0.3, -0.25) is 9.55 Å². The van der Waals surface area contributed by atoms with Gasteiger partial charge in [-0.1, -0.05) is 6.07 Å². The molecule has 0 saturated heterocycles. The lowest BCUT2D eigenvalue weighted by atomic mass is 10.2. The summed E-state index contributed by atoms with van der Waals surface area (Å²) in [5.41, 5.74) is 7.75. The molecule has 4 rings (SSSR count). The van der Waals surface area contributed by atoms with Crippen LogP contribution < -0.4 is 11.1 Å². The molecule has 1 aromatic carbocycles. The molecule has 0 bridgehead atoms. The molecule has 1 atom stereocenters. The summed E-state index contributed by atoms with van der Waals surface area (Å²) in [6.45, 7) is 1.80. The molecular weight excluding hydrogens is 385 g/mol. The van der Waals surface area contributed by atoms with Crippen LogP contribution in [0, 0.1) is 28.5 Å². The van der Waals surface area contributed by atoms with Crippen molar-refractivity contribution < 1.29 is 4.39 Å². The largest absolute Gasteiger partial charge is 0.382 e. The molecule has 3 heterocycles. The van der Waals surface area contributed by atoms with Crippen molar-refractivity contribution in [2.45, 2.75) is 13.0 Å². The van der Waals surface area contributed by atoms with E-state index in [0.717, 1.165) is 6.20 Å².